The Morgan fingerprint density at radius 1 is 1.45 bits per heavy atom. The lowest BCUT2D eigenvalue weighted by Gasteiger charge is -2.06. The van der Waals surface area contributed by atoms with Crippen molar-refractivity contribution in [2.75, 3.05) is 0 Å². The third-order valence-corrected chi connectivity index (χ3v) is 2.14. The number of halogens is 1. The van der Waals surface area contributed by atoms with E-state index < -0.39 is 0 Å². The van der Waals surface area contributed by atoms with Crippen LogP contribution in [0.5, 0.6) is 0 Å². The van der Waals surface area contributed by atoms with E-state index in [-0.39, 0.29) is 0 Å². The third-order valence-electron chi connectivity index (χ3n) is 1.64. The Balaban J connectivity index is 3.12. The molecule has 0 aliphatic carbocycles. The molecule has 0 aromatic heterocycles. The summed E-state index contributed by atoms with van der Waals surface area (Å²) < 4.78 is 0. The van der Waals surface area contributed by atoms with Gasteiger partial charge in [0.1, 0.15) is 0 Å². The maximum absolute atomic E-state index is 3.75. The minimum atomic E-state index is 0.400. The van der Waals surface area contributed by atoms with Crippen molar-refractivity contribution < 1.29 is 0 Å². The lowest BCUT2D eigenvalue weighted by atomic mass is 10.1. The minimum Gasteiger partial charge on any atom is -0.0985 e. The predicted molar refractivity (Wildman–Crippen MR) is 53.9 cm³/mol. The Bertz CT molecular complexity index is 251. The summed E-state index contributed by atoms with van der Waals surface area (Å²) >= 11 is 3.53. The second-order valence-corrected chi connectivity index (χ2v) is 3.82. The summed E-state index contributed by atoms with van der Waals surface area (Å²) in [6.45, 7) is 5.87. The summed E-state index contributed by atoms with van der Waals surface area (Å²) in [7, 11) is 0. The van der Waals surface area contributed by atoms with Gasteiger partial charge in [0.15, 0.2) is 0 Å². The summed E-state index contributed by atoms with van der Waals surface area (Å²) in [6.07, 6.45) is 1.88. The number of alkyl halides is 1. The molecule has 1 atom stereocenters. The second kappa shape index (κ2) is 3.72. The minimum absolute atomic E-state index is 0.400. The highest BCUT2D eigenvalue weighted by atomic mass is 79.9. The van der Waals surface area contributed by atoms with Gasteiger partial charge >= 0.3 is 0 Å². The zero-order valence-electron chi connectivity index (χ0n) is 6.55. The summed E-state index contributed by atoms with van der Waals surface area (Å²) in [5, 5.41) is 0. The first-order valence-electron chi connectivity index (χ1n) is 3.61. The van der Waals surface area contributed by atoms with E-state index in [1.54, 1.807) is 0 Å². The molecule has 11 heavy (non-hydrogen) atoms. The van der Waals surface area contributed by atoms with E-state index in [4.69, 9.17) is 0 Å². The average Bonchev–Trinajstić information content (AvgIpc) is 2.04. The maximum atomic E-state index is 3.75. The number of hydrogen-bond donors (Lipinski definition) is 0. The molecule has 0 saturated carbocycles. The summed E-state index contributed by atoms with van der Waals surface area (Å²) in [6, 6.07) is 8.24. The van der Waals surface area contributed by atoms with Crippen LogP contribution >= 0.6 is 15.9 Å². The molecule has 1 aromatic carbocycles. The zero-order chi connectivity index (χ0) is 8.27. The molecule has 0 amide bonds. The Morgan fingerprint density at radius 3 is 2.55 bits per heavy atom. The molecule has 0 bridgehead atoms. The molecule has 58 valence electrons. The van der Waals surface area contributed by atoms with E-state index in [1.165, 1.54) is 11.1 Å². The quantitative estimate of drug-likeness (QED) is 0.653. The fourth-order valence-electron chi connectivity index (χ4n) is 1.06. The molecule has 1 heteroatoms. The highest BCUT2D eigenvalue weighted by Gasteiger charge is 2.02. The maximum Gasteiger partial charge on any atom is 0.0373 e. The van der Waals surface area contributed by atoms with Crippen LogP contribution in [0.3, 0.4) is 0 Å². The van der Waals surface area contributed by atoms with Crippen LogP contribution in [0.1, 0.15) is 22.9 Å². The molecular weight excluding hydrogens is 200 g/mol. The zero-order valence-corrected chi connectivity index (χ0v) is 8.14. The SMILES string of the molecule is C=Cc1ccccc1C(C)Br. The largest absolute Gasteiger partial charge is 0.0985 e. The number of hydrogen-bond acceptors (Lipinski definition) is 0. The first-order chi connectivity index (χ1) is 5.25. The highest BCUT2D eigenvalue weighted by Crippen LogP contribution is 2.25. The molecule has 0 nitrogen and oxygen atoms in total. The molecule has 0 aliphatic rings. The van der Waals surface area contributed by atoms with Gasteiger partial charge in [-0.2, -0.15) is 0 Å². The highest BCUT2D eigenvalue weighted by molar-refractivity contribution is 9.09. The first-order valence-corrected chi connectivity index (χ1v) is 4.52. The first kappa shape index (κ1) is 8.54. The lowest BCUT2D eigenvalue weighted by Crippen LogP contribution is -1.86. The van der Waals surface area contributed by atoms with Gasteiger partial charge in [-0.1, -0.05) is 52.9 Å². The molecule has 1 rings (SSSR count). The molecule has 1 unspecified atom stereocenters. The van der Waals surface area contributed by atoms with Crippen LogP contribution in [-0.4, -0.2) is 0 Å². The predicted octanol–water partition coefficient (Wildman–Crippen LogP) is 3.79. The molecule has 0 fully saturated rings. The van der Waals surface area contributed by atoms with Crippen molar-refractivity contribution >= 4 is 22.0 Å². The Labute approximate surface area is 76.1 Å². The van der Waals surface area contributed by atoms with Crippen molar-refractivity contribution in [3.8, 4) is 0 Å². The summed E-state index contributed by atoms with van der Waals surface area (Å²) in [5.74, 6) is 0. The van der Waals surface area contributed by atoms with Crippen LogP contribution < -0.4 is 0 Å². The molecule has 0 heterocycles. The smallest absolute Gasteiger partial charge is 0.0373 e. The van der Waals surface area contributed by atoms with Gasteiger partial charge in [0.2, 0.25) is 0 Å². The number of rotatable bonds is 2. The van der Waals surface area contributed by atoms with Crippen LogP contribution in [0.2, 0.25) is 0 Å². The Morgan fingerprint density at radius 2 is 2.09 bits per heavy atom. The van der Waals surface area contributed by atoms with E-state index in [0.29, 0.717) is 4.83 Å². The monoisotopic (exact) mass is 210 g/mol. The van der Waals surface area contributed by atoms with Crippen molar-refractivity contribution in [3.63, 3.8) is 0 Å². The summed E-state index contributed by atoms with van der Waals surface area (Å²) in [4.78, 5) is 0.400. The molecule has 1 aromatic rings. The van der Waals surface area contributed by atoms with Crippen molar-refractivity contribution in [1.29, 1.82) is 0 Å². The molecule has 0 radical (unpaired) electrons. The van der Waals surface area contributed by atoms with E-state index in [0.717, 1.165) is 0 Å². The fourth-order valence-corrected chi connectivity index (χ4v) is 1.48. The molecule has 0 spiro atoms. The van der Waals surface area contributed by atoms with Gasteiger partial charge in [-0.25, -0.2) is 0 Å². The van der Waals surface area contributed by atoms with Crippen LogP contribution in [0, 0.1) is 0 Å². The summed E-state index contributed by atoms with van der Waals surface area (Å²) in [5.41, 5.74) is 2.50. The standard InChI is InChI=1S/C10H11Br/c1-3-9-6-4-5-7-10(9)8(2)11/h3-8H,1H2,2H3. The topological polar surface area (TPSA) is 0 Å². The molecule has 0 aliphatic heterocycles. The van der Waals surface area contributed by atoms with Crippen molar-refractivity contribution in [2.45, 2.75) is 11.8 Å². The van der Waals surface area contributed by atoms with Gasteiger partial charge < -0.3 is 0 Å². The Kier molecular flexibility index (Phi) is 2.89. The number of benzene rings is 1. The van der Waals surface area contributed by atoms with Crippen LogP contribution in [0.15, 0.2) is 30.8 Å². The normalized spacial score (nSPS) is 12.5. The van der Waals surface area contributed by atoms with E-state index in [1.807, 2.05) is 18.2 Å². The van der Waals surface area contributed by atoms with Gasteiger partial charge in [0.25, 0.3) is 0 Å². The molecule has 0 N–H and O–H groups in total. The second-order valence-electron chi connectivity index (χ2n) is 2.45. The molecule has 0 saturated heterocycles. The van der Waals surface area contributed by atoms with Gasteiger partial charge in [-0.05, 0) is 18.1 Å². The fraction of sp³-hybridized carbons (Fsp3) is 0.200. The Hall–Kier alpha value is -0.560. The van der Waals surface area contributed by atoms with Gasteiger partial charge in [-0.3, -0.25) is 0 Å². The van der Waals surface area contributed by atoms with E-state index >= 15 is 0 Å². The van der Waals surface area contributed by atoms with Gasteiger partial charge in [0.05, 0.1) is 0 Å². The van der Waals surface area contributed by atoms with Crippen molar-refractivity contribution in [1.82, 2.24) is 0 Å². The van der Waals surface area contributed by atoms with Crippen LogP contribution in [0.4, 0.5) is 0 Å². The average molecular weight is 211 g/mol. The van der Waals surface area contributed by atoms with Crippen LogP contribution in [0.25, 0.3) is 6.08 Å². The van der Waals surface area contributed by atoms with Crippen molar-refractivity contribution in [3.05, 3.63) is 42.0 Å². The lowest BCUT2D eigenvalue weighted by molar-refractivity contribution is 1.12. The van der Waals surface area contributed by atoms with Crippen molar-refractivity contribution in [2.24, 2.45) is 0 Å². The van der Waals surface area contributed by atoms with E-state index in [2.05, 4.69) is 41.6 Å². The van der Waals surface area contributed by atoms with Gasteiger partial charge in [0, 0.05) is 4.83 Å². The van der Waals surface area contributed by atoms with Crippen LogP contribution in [-0.2, 0) is 0 Å². The van der Waals surface area contributed by atoms with E-state index in [9.17, 15) is 0 Å². The van der Waals surface area contributed by atoms with Gasteiger partial charge in [-0.15, -0.1) is 0 Å². The third kappa shape index (κ3) is 1.93. The molecular formula is C10H11Br.